The normalized spacial score (nSPS) is 13.4. The fraction of sp³-hybridized carbons (Fsp3) is 0.294. The minimum absolute atomic E-state index is 0.189. The molecule has 1 aromatic carbocycles. The first kappa shape index (κ1) is 15.6. The molecule has 1 aliphatic rings. The van der Waals surface area contributed by atoms with Gasteiger partial charge >= 0.3 is 0 Å². The van der Waals surface area contributed by atoms with Crippen LogP contribution in [0.15, 0.2) is 29.1 Å². The first-order valence-corrected chi connectivity index (χ1v) is 7.94. The molecule has 3 rings (SSSR count). The van der Waals surface area contributed by atoms with Gasteiger partial charge in [0, 0.05) is 22.8 Å². The molecule has 1 aromatic heterocycles. The molecular weight excluding hydrogens is 316 g/mol. The third kappa shape index (κ3) is 3.10. The van der Waals surface area contributed by atoms with E-state index in [-0.39, 0.29) is 17.9 Å². The Balaban J connectivity index is 1.85. The van der Waals surface area contributed by atoms with E-state index in [1.54, 1.807) is 18.2 Å². The second-order valence-corrected chi connectivity index (χ2v) is 6.02. The van der Waals surface area contributed by atoms with Gasteiger partial charge in [-0.3, -0.25) is 9.59 Å². The number of amides is 1. The zero-order valence-corrected chi connectivity index (χ0v) is 13.2. The molecule has 0 saturated heterocycles. The summed E-state index contributed by atoms with van der Waals surface area (Å²) in [4.78, 5) is 27.2. The first-order chi connectivity index (χ1) is 11.1. The van der Waals surface area contributed by atoms with Crippen LogP contribution in [-0.2, 0) is 19.4 Å². The van der Waals surface area contributed by atoms with Crippen molar-refractivity contribution in [3.05, 3.63) is 62.0 Å². The van der Waals surface area contributed by atoms with Gasteiger partial charge in [-0.1, -0.05) is 29.8 Å². The molecule has 0 atom stereocenters. The predicted molar refractivity (Wildman–Crippen MR) is 88.0 cm³/mol. The Morgan fingerprint density at radius 1 is 1.26 bits per heavy atom. The summed E-state index contributed by atoms with van der Waals surface area (Å²) in [6.45, 7) is 0.189. The maximum atomic E-state index is 12.3. The van der Waals surface area contributed by atoms with Crippen LogP contribution in [0.5, 0.6) is 5.75 Å². The zero-order valence-electron chi connectivity index (χ0n) is 12.5. The number of aromatic nitrogens is 1. The maximum absolute atomic E-state index is 12.3. The molecule has 0 bridgehead atoms. The quantitative estimate of drug-likeness (QED) is 0.807. The van der Waals surface area contributed by atoms with E-state index in [0.717, 1.165) is 30.5 Å². The summed E-state index contributed by atoms with van der Waals surface area (Å²) in [5.74, 6) is -0.794. The summed E-state index contributed by atoms with van der Waals surface area (Å²) >= 11 is 6.04. The molecule has 120 valence electrons. The summed E-state index contributed by atoms with van der Waals surface area (Å²) in [5.41, 5.74) is 1.38. The van der Waals surface area contributed by atoms with Crippen molar-refractivity contribution >= 4 is 17.5 Å². The number of hydrogen-bond acceptors (Lipinski definition) is 3. The number of H-pyrrole nitrogens is 1. The van der Waals surface area contributed by atoms with E-state index in [0.29, 0.717) is 17.0 Å². The first-order valence-electron chi connectivity index (χ1n) is 7.56. The number of pyridine rings is 1. The third-order valence-electron chi connectivity index (χ3n) is 4.11. The highest BCUT2D eigenvalue weighted by molar-refractivity contribution is 6.31. The molecule has 6 heteroatoms. The number of aromatic amines is 1. The van der Waals surface area contributed by atoms with Gasteiger partial charge in [0.2, 0.25) is 0 Å². The number of aromatic hydroxyl groups is 1. The van der Waals surface area contributed by atoms with Crippen molar-refractivity contribution in [3.63, 3.8) is 0 Å². The monoisotopic (exact) mass is 332 g/mol. The molecule has 5 nitrogen and oxygen atoms in total. The van der Waals surface area contributed by atoms with Crippen molar-refractivity contribution in [3.8, 4) is 5.75 Å². The van der Waals surface area contributed by atoms with Gasteiger partial charge in [0.05, 0.1) is 0 Å². The zero-order chi connectivity index (χ0) is 16.4. The Hall–Kier alpha value is -2.27. The number of hydrogen-bond donors (Lipinski definition) is 3. The lowest BCUT2D eigenvalue weighted by Gasteiger charge is -2.18. The fourth-order valence-electron chi connectivity index (χ4n) is 2.88. The minimum atomic E-state index is -0.600. The van der Waals surface area contributed by atoms with Crippen LogP contribution in [0.1, 0.15) is 40.0 Å². The molecule has 23 heavy (non-hydrogen) atoms. The highest BCUT2D eigenvalue weighted by Gasteiger charge is 2.23. The molecule has 0 aliphatic heterocycles. The van der Waals surface area contributed by atoms with Crippen molar-refractivity contribution in [1.29, 1.82) is 0 Å². The van der Waals surface area contributed by atoms with Gasteiger partial charge < -0.3 is 15.4 Å². The maximum Gasteiger partial charge on any atom is 0.264 e. The number of aryl methyl sites for hydroxylation is 1. The molecular formula is C17H17ClN2O3. The second-order valence-electron chi connectivity index (χ2n) is 5.62. The summed E-state index contributed by atoms with van der Waals surface area (Å²) in [7, 11) is 0. The number of halogens is 1. The minimum Gasteiger partial charge on any atom is -0.507 e. The van der Waals surface area contributed by atoms with Gasteiger partial charge in [0.25, 0.3) is 11.5 Å². The van der Waals surface area contributed by atoms with Gasteiger partial charge in [-0.05, 0) is 37.3 Å². The summed E-state index contributed by atoms with van der Waals surface area (Å²) in [5, 5.41) is 13.5. The molecule has 3 N–H and O–H groups in total. The van der Waals surface area contributed by atoms with Crippen LogP contribution >= 0.6 is 11.6 Å². The van der Waals surface area contributed by atoms with Crippen LogP contribution in [0.4, 0.5) is 0 Å². The second kappa shape index (κ2) is 6.46. The van der Waals surface area contributed by atoms with Crippen LogP contribution in [0.2, 0.25) is 5.02 Å². The lowest BCUT2D eigenvalue weighted by atomic mass is 9.93. The number of carbonyl (C=O) groups excluding carboxylic acids is 1. The van der Waals surface area contributed by atoms with Gasteiger partial charge in [0.1, 0.15) is 11.3 Å². The van der Waals surface area contributed by atoms with E-state index in [1.807, 2.05) is 6.07 Å². The van der Waals surface area contributed by atoms with Crippen LogP contribution in [0.3, 0.4) is 0 Å². The fourth-order valence-corrected chi connectivity index (χ4v) is 3.08. The van der Waals surface area contributed by atoms with E-state index < -0.39 is 11.5 Å². The molecule has 0 saturated carbocycles. The van der Waals surface area contributed by atoms with Crippen LogP contribution in [0.25, 0.3) is 0 Å². The average molecular weight is 333 g/mol. The predicted octanol–water partition coefficient (Wildman–Crippen LogP) is 2.54. The molecule has 1 heterocycles. The Morgan fingerprint density at radius 3 is 2.78 bits per heavy atom. The lowest BCUT2D eigenvalue weighted by molar-refractivity contribution is 0.0946. The van der Waals surface area contributed by atoms with Gasteiger partial charge in [0.15, 0.2) is 0 Å². The third-order valence-corrected chi connectivity index (χ3v) is 4.47. The average Bonchev–Trinajstić information content (AvgIpc) is 2.54. The highest BCUT2D eigenvalue weighted by atomic mass is 35.5. The van der Waals surface area contributed by atoms with Crippen molar-refractivity contribution in [2.24, 2.45) is 0 Å². The molecule has 2 aromatic rings. The SMILES string of the molecule is O=C(NCc1ccccc1Cl)c1c(O)c2c([nH]c1=O)CCCC2. The number of benzene rings is 1. The van der Waals surface area contributed by atoms with Crippen molar-refractivity contribution in [1.82, 2.24) is 10.3 Å². The smallest absolute Gasteiger partial charge is 0.264 e. The Labute approximate surface area is 138 Å². The van der Waals surface area contributed by atoms with E-state index >= 15 is 0 Å². The van der Waals surface area contributed by atoms with E-state index in [4.69, 9.17) is 11.6 Å². The number of nitrogens with one attached hydrogen (secondary N) is 2. The Morgan fingerprint density at radius 2 is 2.00 bits per heavy atom. The molecule has 1 amide bonds. The topological polar surface area (TPSA) is 82.2 Å². The largest absolute Gasteiger partial charge is 0.507 e. The van der Waals surface area contributed by atoms with Crippen molar-refractivity contribution in [2.45, 2.75) is 32.2 Å². The molecule has 1 aliphatic carbocycles. The molecule has 0 spiro atoms. The van der Waals surface area contributed by atoms with Gasteiger partial charge in [-0.2, -0.15) is 0 Å². The highest BCUT2D eigenvalue weighted by Crippen LogP contribution is 2.28. The lowest BCUT2D eigenvalue weighted by Crippen LogP contribution is -2.31. The van der Waals surface area contributed by atoms with Crippen molar-refractivity contribution < 1.29 is 9.90 Å². The van der Waals surface area contributed by atoms with Crippen LogP contribution in [0, 0.1) is 0 Å². The van der Waals surface area contributed by atoms with Gasteiger partial charge in [-0.15, -0.1) is 0 Å². The number of fused-ring (bicyclic) bond motifs is 1. The van der Waals surface area contributed by atoms with E-state index in [2.05, 4.69) is 10.3 Å². The number of rotatable bonds is 3. The number of carbonyl (C=O) groups is 1. The summed E-state index contributed by atoms with van der Waals surface area (Å²) in [6, 6.07) is 7.13. The summed E-state index contributed by atoms with van der Waals surface area (Å²) < 4.78 is 0. The molecule has 0 radical (unpaired) electrons. The Kier molecular flexibility index (Phi) is 4.39. The van der Waals surface area contributed by atoms with Gasteiger partial charge in [-0.25, -0.2) is 0 Å². The summed E-state index contributed by atoms with van der Waals surface area (Å²) in [6.07, 6.45) is 3.30. The van der Waals surface area contributed by atoms with Crippen LogP contribution < -0.4 is 10.9 Å². The van der Waals surface area contributed by atoms with Crippen molar-refractivity contribution in [2.75, 3.05) is 0 Å². The Bertz CT molecular complexity index is 814. The standard InChI is InChI=1S/C17H17ClN2O3/c18-12-7-3-1-5-10(12)9-19-16(22)14-15(21)11-6-2-4-8-13(11)20-17(14)23/h1,3,5,7H,2,4,6,8-9H2,(H,19,22)(H2,20,21,23). The molecule has 0 unspecified atom stereocenters. The van der Waals surface area contributed by atoms with E-state index in [9.17, 15) is 14.7 Å². The molecule has 0 fully saturated rings. The van der Waals surface area contributed by atoms with E-state index in [1.165, 1.54) is 0 Å². The van der Waals surface area contributed by atoms with Crippen LogP contribution in [-0.4, -0.2) is 16.0 Å².